The first-order valence-electron chi connectivity index (χ1n) is 8.58. The van der Waals surface area contributed by atoms with Crippen LogP contribution >= 0.6 is 11.6 Å². The number of alkyl halides is 3. The number of halogens is 4. The van der Waals surface area contributed by atoms with Crippen molar-refractivity contribution >= 4 is 32.4 Å². The Hall–Kier alpha value is -2.91. The van der Waals surface area contributed by atoms with E-state index in [1.165, 1.54) is 6.92 Å². The maximum atomic E-state index is 13.1. The summed E-state index contributed by atoms with van der Waals surface area (Å²) in [5, 5.41) is 17.4. The Kier molecular flexibility index (Phi) is 7.36. The number of nitro benzene ring substituents is 1. The number of aromatic nitrogens is 2. The van der Waals surface area contributed by atoms with E-state index in [0.29, 0.717) is 4.68 Å². The second kappa shape index (κ2) is 9.30. The molecule has 1 aromatic carbocycles. The Labute approximate surface area is 184 Å². The molecule has 0 saturated heterocycles. The maximum Gasteiger partial charge on any atom is 0.434 e. The van der Waals surface area contributed by atoms with Gasteiger partial charge in [-0.3, -0.25) is 19.6 Å². The van der Waals surface area contributed by atoms with Crippen LogP contribution in [0.2, 0.25) is 5.02 Å². The molecule has 0 atom stereocenters. The Morgan fingerprint density at radius 1 is 1.38 bits per heavy atom. The Balaban J connectivity index is 2.35. The fourth-order valence-electron chi connectivity index (χ4n) is 2.60. The molecule has 0 spiro atoms. The summed E-state index contributed by atoms with van der Waals surface area (Å²) >= 11 is 5.76. The van der Waals surface area contributed by atoms with Gasteiger partial charge in [0.15, 0.2) is 17.2 Å². The van der Waals surface area contributed by atoms with Crippen LogP contribution in [-0.2, 0) is 28.0 Å². The summed E-state index contributed by atoms with van der Waals surface area (Å²) in [5.74, 6) is -1.08. The number of primary sulfonamides is 1. The molecule has 1 heterocycles. The standard InChI is InChI=1S/C16H16ClF3N4O7S/c1-8-9(24(26)27)5-6-10(13(8)30-7-3-4-11(25)32(21,28)29)31-15-12(17)14(16(18,19)20)23(2)22-15/h5-6H,3-4,7H2,1-2H3,(H2,21,28,29). The predicted octanol–water partition coefficient (Wildman–Crippen LogP) is 3.08. The van der Waals surface area contributed by atoms with Gasteiger partial charge in [0.05, 0.1) is 17.1 Å². The van der Waals surface area contributed by atoms with E-state index in [0.717, 1.165) is 19.2 Å². The molecule has 1 aromatic heterocycles. The van der Waals surface area contributed by atoms with E-state index >= 15 is 0 Å². The summed E-state index contributed by atoms with van der Waals surface area (Å²) < 4.78 is 72.5. The summed E-state index contributed by atoms with van der Waals surface area (Å²) in [5.41, 5.74) is -1.68. The molecule has 0 aliphatic carbocycles. The molecule has 11 nitrogen and oxygen atoms in total. The molecule has 0 amide bonds. The van der Waals surface area contributed by atoms with Gasteiger partial charge in [0.25, 0.3) is 26.7 Å². The molecule has 0 aliphatic rings. The number of aryl methyl sites for hydroxylation is 1. The van der Waals surface area contributed by atoms with Crippen molar-refractivity contribution in [2.45, 2.75) is 25.9 Å². The first-order valence-corrected chi connectivity index (χ1v) is 10.5. The average molecular weight is 501 g/mol. The fraction of sp³-hybridized carbons (Fsp3) is 0.375. The van der Waals surface area contributed by atoms with Crippen molar-refractivity contribution in [1.29, 1.82) is 0 Å². The molecule has 16 heteroatoms. The fourth-order valence-corrected chi connectivity index (χ4v) is 3.33. The zero-order chi connectivity index (χ0) is 24.4. The number of hydrogen-bond acceptors (Lipinski definition) is 8. The molecular formula is C16H16ClF3N4O7S. The lowest BCUT2D eigenvalue weighted by Gasteiger charge is -2.14. The average Bonchev–Trinajstić information content (AvgIpc) is 2.92. The van der Waals surface area contributed by atoms with Crippen LogP contribution in [0.1, 0.15) is 24.1 Å². The number of nitrogens with two attached hydrogens (primary N) is 1. The summed E-state index contributed by atoms with van der Waals surface area (Å²) in [6.45, 7) is 1.01. The minimum absolute atomic E-state index is 0.0339. The van der Waals surface area contributed by atoms with Crippen LogP contribution in [0.15, 0.2) is 12.1 Å². The van der Waals surface area contributed by atoms with Crippen LogP contribution in [0.3, 0.4) is 0 Å². The third-order valence-electron chi connectivity index (χ3n) is 4.06. The zero-order valence-electron chi connectivity index (χ0n) is 16.5. The van der Waals surface area contributed by atoms with E-state index in [1.54, 1.807) is 0 Å². The zero-order valence-corrected chi connectivity index (χ0v) is 18.0. The van der Waals surface area contributed by atoms with Gasteiger partial charge < -0.3 is 9.47 Å². The lowest BCUT2D eigenvalue weighted by Crippen LogP contribution is -2.23. The van der Waals surface area contributed by atoms with Crippen LogP contribution in [0.4, 0.5) is 18.9 Å². The van der Waals surface area contributed by atoms with Crippen molar-refractivity contribution < 1.29 is 40.8 Å². The second-order valence-electron chi connectivity index (χ2n) is 6.35. The highest BCUT2D eigenvalue weighted by Crippen LogP contribution is 2.43. The normalized spacial score (nSPS) is 12.0. The van der Waals surface area contributed by atoms with Crippen LogP contribution in [-0.4, -0.2) is 34.8 Å². The van der Waals surface area contributed by atoms with Crippen molar-refractivity contribution in [1.82, 2.24) is 9.78 Å². The van der Waals surface area contributed by atoms with Gasteiger partial charge in [0.2, 0.25) is 0 Å². The van der Waals surface area contributed by atoms with Crippen molar-refractivity contribution in [3.63, 3.8) is 0 Å². The van der Waals surface area contributed by atoms with Gasteiger partial charge in [-0.1, -0.05) is 11.6 Å². The number of rotatable bonds is 8. The maximum absolute atomic E-state index is 13.1. The minimum atomic E-state index is -4.82. The number of carbonyl (C=O) groups excluding carboxylic acids is 1. The second-order valence-corrected chi connectivity index (χ2v) is 8.28. The molecule has 0 saturated carbocycles. The van der Waals surface area contributed by atoms with E-state index in [1.807, 2.05) is 0 Å². The van der Waals surface area contributed by atoms with Crippen molar-refractivity contribution in [3.05, 3.63) is 38.5 Å². The molecule has 0 bridgehead atoms. The number of nitro groups is 1. The van der Waals surface area contributed by atoms with Crippen LogP contribution in [0.25, 0.3) is 0 Å². The first kappa shape index (κ1) is 25.4. The van der Waals surface area contributed by atoms with Gasteiger partial charge in [-0.2, -0.15) is 13.2 Å². The molecule has 0 unspecified atom stereocenters. The summed E-state index contributed by atoms with van der Waals surface area (Å²) in [6.07, 6.45) is -5.43. The number of benzene rings is 1. The Morgan fingerprint density at radius 3 is 2.50 bits per heavy atom. The van der Waals surface area contributed by atoms with Crippen molar-refractivity contribution in [2.75, 3.05) is 6.61 Å². The predicted molar refractivity (Wildman–Crippen MR) is 104 cm³/mol. The third kappa shape index (κ3) is 5.66. The van der Waals surface area contributed by atoms with Crippen LogP contribution < -0.4 is 14.6 Å². The minimum Gasteiger partial charge on any atom is -0.489 e. The van der Waals surface area contributed by atoms with Gasteiger partial charge in [-0.25, -0.2) is 13.6 Å². The third-order valence-corrected chi connectivity index (χ3v) is 5.24. The van der Waals surface area contributed by atoms with Crippen LogP contribution in [0.5, 0.6) is 17.4 Å². The van der Waals surface area contributed by atoms with Crippen molar-refractivity contribution in [2.24, 2.45) is 12.2 Å². The number of nitrogens with zero attached hydrogens (tertiary/aromatic N) is 3. The monoisotopic (exact) mass is 500 g/mol. The molecule has 2 N–H and O–H groups in total. The van der Waals surface area contributed by atoms with Gasteiger partial charge >= 0.3 is 6.18 Å². The largest absolute Gasteiger partial charge is 0.489 e. The highest BCUT2D eigenvalue weighted by Gasteiger charge is 2.39. The molecule has 2 aromatic rings. The SMILES string of the molecule is Cc1c([N+](=O)[O-])ccc(Oc2nn(C)c(C(F)(F)F)c2Cl)c1OCCCC(=O)S(N)(=O)=O. The van der Waals surface area contributed by atoms with E-state index in [-0.39, 0.29) is 35.8 Å². The lowest BCUT2D eigenvalue weighted by atomic mass is 10.1. The quantitative estimate of drug-likeness (QED) is 0.329. The summed E-state index contributed by atoms with van der Waals surface area (Å²) in [7, 11) is -3.36. The molecule has 2 rings (SSSR count). The number of ether oxygens (including phenoxy) is 2. The lowest BCUT2D eigenvalue weighted by molar-refractivity contribution is -0.385. The topological polar surface area (TPSA) is 157 Å². The molecular weight excluding hydrogens is 485 g/mol. The summed E-state index contributed by atoms with van der Waals surface area (Å²) in [6, 6.07) is 2.12. The molecule has 32 heavy (non-hydrogen) atoms. The molecule has 0 aliphatic heterocycles. The number of hydrogen-bond donors (Lipinski definition) is 1. The Bertz CT molecular complexity index is 1170. The van der Waals surface area contributed by atoms with Gasteiger partial charge in [0.1, 0.15) is 5.02 Å². The van der Waals surface area contributed by atoms with E-state index in [9.17, 15) is 36.5 Å². The van der Waals surface area contributed by atoms with Gasteiger partial charge in [0, 0.05) is 19.5 Å². The number of carbonyl (C=O) groups is 1. The highest BCUT2D eigenvalue weighted by molar-refractivity contribution is 8.04. The molecule has 0 fully saturated rings. The van der Waals surface area contributed by atoms with Gasteiger partial charge in [-0.05, 0) is 19.4 Å². The van der Waals surface area contributed by atoms with Crippen LogP contribution in [0, 0.1) is 17.0 Å². The van der Waals surface area contributed by atoms with Gasteiger partial charge in [-0.15, -0.1) is 5.10 Å². The highest BCUT2D eigenvalue weighted by atomic mass is 35.5. The molecule has 0 radical (unpaired) electrons. The Morgan fingerprint density at radius 2 is 2.00 bits per heavy atom. The van der Waals surface area contributed by atoms with E-state index < -0.39 is 49.3 Å². The van der Waals surface area contributed by atoms with E-state index in [2.05, 4.69) is 5.10 Å². The number of sulfonamides is 1. The summed E-state index contributed by atoms with van der Waals surface area (Å²) in [4.78, 5) is 21.8. The van der Waals surface area contributed by atoms with Crippen molar-refractivity contribution in [3.8, 4) is 17.4 Å². The first-order chi connectivity index (χ1) is 14.6. The smallest absolute Gasteiger partial charge is 0.434 e. The van der Waals surface area contributed by atoms with E-state index in [4.69, 9.17) is 26.2 Å². The molecule has 176 valence electrons.